The van der Waals surface area contributed by atoms with Crippen molar-refractivity contribution in [1.29, 1.82) is 0 Å². The number of halogens is 3. The number of alkyl halides is 3. The highest BCUT2D eigenvalue weighted by atomic mass is 19.4. The van der Waals surface area contributed by atoms with Crippen molar-refractivity contribution in [1.82, 2.24) is 5.32 Å². The van der Waals surface area contributed by atoms with Crippen LogP contribution in [0.25, 0.3) is 0 Å². The van der Waals surface area contributed by atoms with Crippen molar-refractivity contribution in [2.75, 3.05) is 4.90 Å². The van der Waals surface area contributed by atoms with Gasteiger partial charge in [0.25, 0.3) is 5.91 Å². The van der Waals surface area contributed by atoms with Gasteiger partial charge in [-0.05, 0) is 47.7 Å². The Morgan fingerprint density at radius 2 is 1.69 bits per heavy atom. The van der Waals surface area contributed by atoms with Gasteiger partial charge in [0.1, 0.15) is 6.29 Å². The van der Waals surface area contributed by atoms with Crippen molar-refractivity contribution in [3.8, 4) is 0 Å². The predicted molar refractivity (Wildman–Crippen MR) is 123 cm³/mol. The monoisotopic (exact) mass is 478 g/mol. The minimum atomic E-state index is -4.44. The van der Waals surface area contributed by atoms with Crippen molar-refractivity contribution < 1.29 is 27.6 Å². The zero-order chi connectivity index (χ0) is 24.8. The average Bonchev–Trinajstić information content (AvgIpc) is 3.55. The molecule has 8 heteroatoms. The fourth-order valence-corrected chi connectivity index (χ4v) is 4.54. The number of hydrogen-bond acceptors (Lipinski definition) is 3. The molecule has 0 aromatic heterocycles. The maximum absolute atomic E-state index is 13.4. The first-order valence-corrected chi connectivity index (χ1v) is 11.2. The van der Waals surface area contributed by atoms with Gasteiger partial charge in [0.2, 0.25) is 5.91 Å². The van der Waals surface area contributed by atoms with E-state index in [-0.39, 0.29) is 24.8 Å². The Balaban J connectivity index is 1.40. The second-order valence-electron chi connectivity index (χ2n) is 8.94. The molecule has 2 aliphatic rings. The predicted octanol–water partition coefficient (Wildman–Crippen LogP) is 5.03. The number of anilines is 1. The van der Waals surface area contributed by atoms with Gasteiger partial charge in [0.15, 0.2) is 0 Å². The lowest BCUT2D eigenvalue weighted by molar-refractivity contribution is -0.137. The number of fused-ring (bicyclic) bond motifs is 1. The number of nitrogens with zero attached hydrogens (tertiary/aromatic N) is 1. The summed E-state index contributed by atoms with van der Waals surface area (Å²) in [6, 6.07) is 16.9. The minimum absolute atomic E-state index is 0.0621. The minimum Gasteiger partial charge on any atom is -0.342 e. The van der Waals surface area contributed by atoms with E-state index < -0.39 is 17.3 Å². The summed E-state index contributed by atoms with van der Waals surface area (Å²) in [7, 11) is 0. The lowest BCUT2D eigenvalue weighted by Gasteiger charge is -2.23. The van der Waals surface area contributed by atoms with E-state index in [0.717, 1.165) is 36.8 Å². The first-order chi connectivity index (χ1) is 16.7. The summed E-state index contributed by atoms with van der Waals surface area (Å²) in [5.74, 6) is -0.545. The molecule has 178 valence electrons. The van der Waals surface area contributed by atoms with Crippen molar-refractivity contribution in [3.63, 3.8) is 0 Å². The van der Waals surface area contributed by atoms with E-state index in [1.54, 1.807) is 30.3 Å². The van der Waals surface area contributed by atoms with Gasteiger partial charge >= 0.3 is 6.18 Å². The summed E-state index contributed by atoms with van der Waals surface area (Å²) in [6.07, 6.45) is -2.05. The number of hydrogen-bond donors (Lipinski definition) is 1. The SMILES string of the molecule is O=Cc1ccc(C2(NC(=O)c3cccc4c3N(Cc3ccc(C(F)(F)F)cc3)C(=O)C4)CC2)cc1. The van der Waals surface area contributed by atoms with Gasteiger partial charge in [0.05, 0.1) is 35.3 Å². The first-order valence-electron chi connectivity index (χ1n) is 11.2. The van der Waals surface area contributed by atoms with Crippen LogP contribution in [0.4, 0.5) is 18.9 Å². The molecule has 0 atom stereocenters. The summed E-state index contributed by atoms with van der Waals surface area (Å²) in [5.41, 5.74) is 2.24. The van der Waals surface area contributed by atoms with Crippen molar-refractivity contribution in [3.05, 3.63) is 100 Å². The average molecular weight is 478 g/mol. The molecule has 1 heterocycles. The zero-order valence-electron chi connectivity index (χ0n) is 18.6. The molecule has 0 bridgehead atoms. The Labute approximate surface area is 199 Å². The molecule has 1 fully saturated rings. The van der Waals surface area contributed by atoms with Crippen molar-refractivity contribution >= 4 is 23.8 Å². The molecule has 0 unspecified atom stereocenters. The maximum atomic E-state index is 13.4. The lowest BCUT2D eigenvalue weighted by Crippen LogP contribution is -2.36. The zero-order valence-corrected chi connectivity index (χ0v) is 18.6. The molecule has 0 radical (unpaired) electrons. The second kappa shape index (κ2) is 8.37. The van der Waals surface area contributed by atoms with E-state index in [1.165, 1.54) is 17.0 Å². The highest BCUT2D eigenvalue weighted by Crippen LogP contribution is 2.46. The first kappa shape index (κ1) is 22.8. The maximum Gasteiger partial charge on any atom is 0.416 e. The van der Waals surface area contributed by atoms with E-state index in [4.69, 9.17) is 0 Å². The highest BCUT2D eigenvalue weighted by molar-refractivity contribution is 6.10. The standard InChI is InChI=1S/C27H21F3N2O3/c28-27(29,30)21-10-4-17(5-11-21)15-32-23(34)14-19-2-1-3-22(24(19)32)25(35)31-26(12-13-26)20-8-6-18(16-33)7-9-20/h1-11,16H,12-15H2,(H,31,35). The molecule has 5 nitrogen and oxygen atoms in total. The normalized spacial score (nSPS) is 16.1. The van der Waals surface area contributed by atoms with Gasteiger partial charge in [-0.25, -0.2) is 0 Å². The Morgan fingerprint density at radius 3 is 2.29 bits per heavy atom. The lowest BCUT2D eigenvalue weighted by atomic mass is 10.0. The highest BCUT2D eigenvalue weighted by Gasteiger charge is 2.46. The van der Waals surface area contributed by atoms with Gasteiger partial charge in [-0.3, -0.25) is 14.4 Å². The molecule has 35 heavy (non-hydrogen) atoms. The Bertz CT molecular complexity index is 1310. The number of carbonyl (C=O) groups excluding carboxylic acids is 3. The molecule has 1 aliphatic carbocycles. The van der Waals surface area contributed by atoms with Crippen molar-refractivity contribution in [2.24, 2.45) is 0 Å². The fourth-order valence-electron chi connectivity index (χ4n) is 4.54. The molecule has 0 spiro atoms. The van der Waals surface area contributed by atoms with Crippen LogP contribution in [0.3, 0.4) is 0 Å². The largest absolute Gasteiger partial charge is 0.416 e. The number of carbonyl (C=O) groups is 3. The van der Waals surface area contributed by atoms with Crippen LogP contribution in [0.1, 0.15) is 55.8 Å². The van der Waals surface area contributed by atoms with Gasteiger partial charge in [-0.2, -0.15) is 13.2 Å². The van der Waals surface area contributed by atoms with Crippen LogP contribution in [0, 0.1) is 0 Å². The van der Waals surface area contributed by atoms with Crippen molar-refractivity contribution in [2.45, 2.75) is 37.5 Å². The molecule has 3 aromatic carbocycles. The van der Waals surface area contributed by atoms with Gasteiger partial charge in [0, 0.05) is 5.56 Å². The van der Waals surface area contributed by atoms with Gasteiger partial charge in [-0.15, -0.1) is 0 Å². The number of aldehydes is 1. The van der Waals surface area contributed by atoms with Crippen LogP contribution < -0.4 is 10.2 Å². The van der Waals surface area contributed by atoms with Crippen LogP contribution in [0.5, 0.6) is 0 Å². The molecule has 3 aromatic rings. The number of para-hydroxylation sites is 1. The second-order valence-corrected chi connectivity index (χ2v) is 8.94. The number of amides is 2. The summed E-state index contributed by atoms with van der Waals surface area (Å²) in [5, 5.41) is 3.10. The third-order valence-electron chi connectivity index (χ3n) is 6.60. The van der Waals surface area contributed by atoms with Crippen LogP contribution in [0.15, 0.2) is 66.7 Å². The van der Waals surface area contributed by atoms with Gasteiger partial charge < -0.3 is 10.2 Å². The molecule has 1 aliphatic heterocycles. The summed E-state index contributed by atoms with van der Waals surface area (Å²) < 4.78 is 38.7. The topological polar surface area (TPSA) is 66.5 Å². The fraction of sp³-hybridized carbons (Fsp3) is 0.222. The van der Waals surface area contributed by atoms with E-state index in [2.05, 4.69) is 5.32 Å². The Morgan fingerprint density at radius 1 is 1.00 bits per heavy atom. The number of nitrogens with one attached hydrogen (secondary N) is 1. The molecule has 0 saturated heterocycles. The van der Waals surface area contributed by atoms with E-state index >= 15 is 0 Å². The van der Waals surface area contributed by atoms with E-state index in [1.807, 2.05) is 12.1 Å². The van der Waals surface area contributed by atoms with Crippen LogP contribution in [-0.2, 0) is 29.5 Å². The number of benzene rings is 3. The van der Waals surface area contributed by atoms with E-state index in [0.29, 0.717) is 27.9 Å². The molecular weight excluding hydrogens is 457 g/mol. The summed E-state index contributed by atoms with van der Waals surface area (Å²) in [4.78, 5) is 38.6. The third-order valence-corrected chi connectivity index (χ3v) is 6.60. The van der Waals surface area contributed by atoms with Gasteiger partial charge in [-0.1, -0.05) is 48.5 Å². The van der Waals surface area contributed by atoms with Crippen LogP contribution in [-0.4, -0.2) is 18.1 Å². The molecule has 5 rings (SSSR count). The quantitative estimate of drug-likeness (QED) is 0.506. The summed E-state index contributed by atoms with van der Waals surface area (Å²) in [6.45, 7) is 0.0621. The molecule has 1 N–H and O–H groups in total. The van der Waals surface area contributed by atoms with Crippen LogP contribution in [0.2, 0.25) is 0 Å². The third kappa shape index (κ3) is 4.32. The molecular formula is C27H21F3N2O3. The van der Waals surface area contributed by atoms with E-state index in [9.17, 15) is 27.6 Å². The number of rotatable bonds is 6. The summed E-state index contributed by atoms with van der Waals surface area (Å²) >= 11 is 0. The Kier molecular flexibility index (Phi) is 5.46. The van der Waals surface area contributed by atoms with Crippen LogP contribution >= 0.6 is 0 Å². The smallest absolute Gasteiger partial charge is 0.342 e. The molecule has 2 amide bonds. The molecule has 1 saturated carbocycles. The Hall–Kier alpha value is -3.94.